The van der Waals surface area contributed by atoms with Gasteiger partial charge in [-0.3, -0.25) is 0 Å². The second-order valence-corrected chi connectivity index (χ2v) is 1.12. The normalized spacial score (nSPS) is 8.83. The van der Waals surface area contributed by atoms with Crippen LogP contribution in [0.4, 0.5) is 0 Å². The zero-order valence-electron chi connectivity index (χ0n) is 3.56. The van der Waals surface area contributed by atoms with E-state index in [9.17, 15) is 0 Å². The molecule has 0 spiro atoms. The van der Waals surface area contributed by atoms with Crippen LogP contribution in [0.25, 0.3) is 0 Å². The standard InChI is InChI=1S/C5H5O/c1-5-3-2-4-6-5/h2,4H,1H3. The van der Waals surface area contributed by atoms with Gasteiger partial charge in [0.1, 0.15) is 5.76 Å². The lowest BCUT2D eigenvalue weighted by Crippen LogP contribution is -1.49. The Labute approximate surface area is 36.6 Å². The molecule has 0 atom stereocenters. The predicted molar refractivity (Wildman–Crippen MR) is 22.3 cm³/mol. The van der Waals surface area contributed by atoms with Crippen molar-refractivity contribution in [2.75, 3.05) is 0 Å². The zero-order chi connectivity index (χ0) is 4.41. The number of hydrogen-bond donors (Lipinski definition) is 0. The minimum Gasteiger partial charge on any atom is -0.469 e. The smallest absolute Gasteiger partial charge is 0.108 e. The van der Waals surface area contributed by atoms with Crippen LogP contribution in [0.3, 0.4) is 0 Å². The molecule has 1 rings (SSSR count). The van der Waals surface area contributed by atoms with Crippen LogP contribution in [0.1, 0.15) is 5.76 Å². The lowest BCUT2D eigenvalue weighted by molar-refractivity contribution is 0.533. The summed E-state index contributed by atoms with van der Waals surface area (Å²) in [7, 11) is 0. The van der Waals surface area contributed by atoms with Gasteiger partial charge in [0.25, 0.3) is 0 Å². The molecule has 0 unspecified atom stereocenters. The van der Waals surface area contributed by atoms with Crippen molar-refractivity contribution in [3.05, 3.63) is 24.2 Å². The van der Waals surface area contributed by atoms with Crippen molar-refractivity contribution in [1.82, 2.24) is 0 Å². The highest BCUT2D eigenvalue weighted by molar-refractivity contribution is 4.90. The van der Waals surface area contributed by atoms with Crippen LogP contribution in [0.15, 0.2) is 16.7 Å². The van der Waals surface area contributed by atoms with Gasteiger partial charge in [0.2, 0.25) is 0 Å². The van der Waals surface area contributed by atoms with Crippen LogP contribution < -0.4 is 0 Å². The van der Waals surface area contributed by atoms with E-state index in [4.69, 9.17) is 4.42 Å². The van der Waals surface area contributed by atoms with Gasteiger partial charge in [-0.2, -0.15) is 0 Å². The van der Waals surface area contributed by atoms with Crippen molar-refractivity contribution in [3.63, 3.8) is 0 Å². The van der Waals surface area contributed by atoms with Gasteiger partial charge in [0.05, 0.1) is 6.26 Å². The third kappa shape index (κ3) is 0.432. The predicted octanol–water partition coefficient (Wildman–Crippen LogP) is 1.39. The number of aryl methyl sites for hydroxylation is 1. The molecule has 1 radical (unpaired) electrons. The van der Waals surface area contributed by atoms with Gasteiger partial charge in [-0.15, -0.1) is 0 Å². The summed E-state index contributed by atoms with van der Waals surface area (Å²) >= 11 is 0. The molecule has 0 amide bonds. The molecule has 1 nitrogen and oxygen atoms in total. The van der Waals surface area contributed by atoms with Gasteiger partial charge >= 0.3 is 0 Å². The van der Waals surface area contributed by atoms with Crippen LogP contribution in [-0.2, 0) is 0 Å². The highest BCUT2D eigenvalue weighted by Gasteiger charge is 1.77. The SMILES string of the molecule is Cc1[c]cco1. The summed E-state index contributed by atoms with van der Waals surface area (Å²) in [5.74, 6) is 0.843. The van der Waals surface area contributed by atoms with Crippen LogP contribution >= 0.6 is 0 Å². The average Bonchev–Trinajstić information content (AvgIpc) is 1.86. The number of hydrogen-bond acceptors (Lipinski definition) is 1. The fourth-order valence-electron chi connectivity index (χ4n) is 0.321. The van der Waals surface area contributed by atoms with Crippen LogP contribution in [0.2, 0.25) is 0 Å². The fraction of sp³-hybridized carbons (Fsp3) is 0.200. The first-order chi connectivity index (χ1) is 2.89. The topological polar surface area (TPSA) is 13.1 Å². The highest BCUT2D eigenvalue weighted by Crippen LogP contribution is 1.92. The summed E-state index contributed by atoms with van der Waals surface area (Å²) in [5.41, 5.74) is 0. The Hall–Kier alpha value is -0.720. The minimum atomic E-state index is 0.843. The molecular formula is C5H5O. The number of furan rings is 1. The largest absolute Gasteiger partial charge is 0.469 e. The maximum absolute atomic E-state index is 4.78. The minimum absolute atomic E-state index is 0.843. The molecule has 0 N–H and O–H groups in total. The Morgan fingerprint density at radius 2 is 2.67 bits per heavy atom. The first-order valence-electron chi connectivity index (χ1n) is 1.81. The molecule has 0 bridgehead atoms. The second-order valence-electron chi connectivity index (χ2n) is 1.12. The van der Waals surface area contributed by atoms with Crippen molar-refractivity contribution in [2.45, 2.75) is 6.92 Å². The Balaban J connectivity index is 3.05. The molecule has 0 saturated carbocycles. The summed E-state index contributed by atoms with van der Waals surface area (Å²) in [6, 6.07) is 4.58. The van der Waals surface area contributed by atoms with Gasteiger partial charge in [-0.25, -0.2) is 0 Å². The molecule has 1 aromatic heterocycles. The maximum atomic E-state index is 4.78. The van der Waals surface area contributed by atoms with E-state index in [0.29, 0.717) is 0 Å². The molecule has 31 valence electrons. The van der Waals surface area contributed by atoms with Crippen LogP contribution in [0.5, 0.6) is 0 Å². The van der Waals surface area contributed by atoms with E-state index < -0.39 is 0 Å². The van der Waals surface area contributed by atoms with Crippen molar-refractivity contribution in [3.8, 4) is 0 Å². The zero-order valence-corrected chi connectivity index (χ0v) is 3.56. The molecule has 0 aromatic carbocycles. The summed E-state index contributed by atoms with van der Waals surface area (Å²) < 4.78 is 4.78. The first-order valence-corrected chi connectivity index (χ1v) is 1.81. The van der Waals surface area contributed by atoms with Crippen molar-refractivity contribution in [1.29, 1.82) is 0 Å². The summed E-state index contributed by atoms with van der Waals surface area (Å²) in [4.78, 5) is 0. The maximum Gasteiger partial charge on any atom is 0.108 e. The molecule has 1 heteroatoms. The van der Waals surface area contributed by atoms with E-state index in [2.05, 4.69) is 6.07 Å². The lowest BCUT2D eigenvalue weighted by Gasteiger charge is -1.68. The molecule has 0 aliphatic carbocycles. The van der Waals surface area contributed by atoms with Crippen molar-refractivity contribution < 1.29 is 4.42 Å². The molecule has 0 saturated heterocycles. The van der Waals surface area contributed by atoms with E-state index in [1.165, 1.54) is 0 Å². The van der Waals surface area contributed by atoms with E-state index in [-0.39, 0.29) is 0 Å². The molecule has 0 fully saturated rings. The van der Waals surface area contributed by atoms with E-state index in [1.54, 1.807) is 12.3 Å². The Kier molecular flexibility index (Phi) is 0.675. The van der Waals surface area contributed by atoms with E-state index >= 15 is 0 Å². The monoisotopic (exact) mass is 81.0 g/mol. The van der Waals surface area contributed by atoms with Gasteiger partial charge in [0, 0.05) is 6.07 Å². The lowest BCUT2D eigenvalue weighted by atomic mass is 10.5. The molecular weight excluding hydrogens is 76.1 g/mol. The van der Waals surface area contributed by atoms with Crippen LogP contribution in [-0.4, -0.2) is 0 Å². The van der Waals surface area contributed by atoms with Crippen molar-refractivity contribution in [2.24, 2.45) is 0 Å². The molecule has 1 heterocycles. The first kappa shape index (κ1) is 3.47. The third-order valence-electron chi connectivity index (χ3n) is 0.599. The van der Waals surface area contributed by atoms with Gasteiger partial charge in [-0.05, 0) is 13.0 Å². The fourth-order valence-corrected chi connectivity index (χ4v) is 0.321. The highest BCUT2D eigenvalue weighted by atomic mass is 16.3. The van der Waals surface area contributed by atoms with Gasteiger partial charge < -0.3 is 4.42 Å². The van der Waals surface area contributed by atoms with Crippen molar-refractivity contribution >= 4 is 0 Å². The average molecular weight is 81.1 g/mol. The Bertz CT molecular complexity index is 107. The summed E-state index contributed by atoms with van der Waals surface area (Å²) in [5, 5.41) is 0. The van der Waals surface area contributed by atoms with E-state index in [0.717, 1.165) is 5.76 Å². The molecule has 0 aliphatic rings. The van der Waals surface area contributed by atoms with E-state index in [1.807, 2.05) is 6.92 Å². The van der Waals surface area contributed by atoms with Crippen LogP contribution in [0, 0.1) is 13.0 Å². The summed E-state index contributed by atoms with van der Waals surface area (Å²) in [6.45, 7) is 1.86. The Morgan fingerprint density at radius 1 is 1.83 bits per heavy atom. The third-order valence-corrected chi connectivity index (χ3v) is 0.599. The molecule has 1 aromatic rings. The quantitative estimate of drug-likeness (QED) is 0.460. The number of rotatable bonds is 0. The second kappa shape index (κ2) is 1.17. The Morgan fingerprint density at radius 3 is 2.83 bits per heavy atom. The van der Waals surface area contributed by atoms with Gasteiger partial charge in [0.15, 0.2) is 0 Å². The summed E-state index contributed by atoms with van der Waals surface area (Å²) in [6.07, 6.45) is 1.61. The molecule has 6 heavy (non-hydrogen) atoms. The van der Waals surface area contributed by atoms with Gasteiger partial charge in [-0.1, -0.05) is 0 Å². The molecule has 0 aliphatic heterocycles.